The van der Waals surface area contributed by atoms with Gasteiger partial charge in [-0.25, -0.2) is 4.68 Å². The van der Waals surface area contributed by atoms with E-state index in [-0.39, 0.29) is 30.4 Å². The summed E-state index contributed by atoms with van der Waals surface area (Å²) in [7, 11) is 0. The van der Waals surface area contributed by atoms with Crippen molar-refractivity contribution in [2.75, 3.05) is 5.73 Å². The van der Waals surface area contributed by atoms with E-state index in [0.717, 1.165) is 0 Å². The largest absolute Gasteiger partial charge is 0.391 e. The number of anilines is 1. The predicted molar refractivity (Wildman–Crippen MR) is 49.2 cm³/mol. The zero-order chi connectivity index (χ0) is 11.9. The molecular weight excluding hydrogens is 221 g/mol. The van der Waals surface area contributed by atoms with Gasteiger partial charge in [-0.2, -0.15) is 23.5 Å². The highest BCUT2D eigenvalue weighted by molar-refractivity contribution is 5.36. The number of halogens is 3. The summed E-state index contributed by atoms with van der Waals surface area (Å²) >= 11 is 0. The number of nitriles is 1. The first-order chi connectivity index (χ1) is 7.41. The van der Waals surface area contributed by atoms with Crippen LogP contribution in [0.25, 0.3) is 0 Å². The maximum absolute atomic E-state index is 12.3. The number of nitrogen functional groups attached to an aromatic ring is 1. The lowest BCUT2D eigenvalue weighted by Crippen LogP contribution is -2.37. The fourth-order valence-corrected chi connectivity index (χ4v) is 1.83. The van der Waals surface area contributed by atoms with Crippen molar-refractivity contribution in [2.24, 2.45) is 5.92 Å². The van der Waals surface area contributed by atoms with Crippen molar-refractivity contribution in [3.05, 3.63) is 11.8 Å². The third kappa shape index (κ3) is 1.71. The van der Waals surface area contributed by atoms with Crippen molar-refractivity contribution in [3.8, 4) is 6.07 Å². The minimum absolute atomic E-state index is 0.0285. The van der Waals surface area contributed by atoms with Gasteiger partial charge in [0.2, 0.25) is 0 Å². The van der Waals surface area contributed by atoms with Gasteiger partial charge in [0.05, 0.1) is 12.0 Å². The summed E-state index contributed by atoms with van der Waals surface area (Å²) in [5.41, 5.74) is 5.60. The first kappa shape index (κ1) is 10.8. The quantitative estimate of drug-likeness (QED) is 0.800. The van der Waals surface area contributed by atoms with E-state index in [1.807, 2.05) is 6.07 Å². The Morgan fingerprint density at radius 2 is 2.12 bits per heavy atom. The van der Waals surface area contributed by atoms with Crippen LogP contribution in [-0.2, 0) is 0 Å². The second kappa shape index (κ2) is 3.40. The molecule has 0 saturated heterocycles. The van der Waals surface area contributed by atoms with Crippen molar-refractivity contribution >= 4 is 5.82 Å². The zero-order valence-corrected chi connectivity index (χ0v) is 8.20. The van der Waals surface area contributed by atoms with Gasteiger partial charge in [0.15, 0.2) is 0 Å². The minimum Gasteiger partial charge on any atom is -0.382 e. The molecule has 0 aliphatic heterocycles. The van der Waals surface area contributed by atoms with Crippen LogP contribution in [0.15, 0.2) is 6.07 Å². The fourth-order valence-electron chi connectivity index (χ4n) is 1.83. The molecule has 16 heavy (non-hydrogen) atoms. The highest BCUT2D eigenvalue weighted by atomic mass is 19.4. The van der Waals surface area contributed by atoms with Gasteiger partial charge in [-0.05, 0) is 12.8 Å². The summed E-state index contributed by atoms with van der Waals surface area (Å²) in [5, 5.41) is 12.6. The molecule has 1 saturated carbocycles. The van der Waals surface area contributed by atoms with Crippen LogP contribution < -0.4 is 5.73 Å². The molecule has 0 radical (unpaired) electrons. The molecule has 0 atom stereocenters. The number of alkyl halides is 3. The Hall–Kier alpha value is -1.71. The van der Waals surface area contributed by atoms with E-state index in [1.165, 1.54) is 10.7 Å². The minimum atomic E-state index is -4.15. The Labute approximate surface area is 89.5 Å². The SMILES string of the molecule is N#Cc1cc(N)nn1C1CC(C(F)(F)F)C1. The van der Waals surface area contributed by atoms with Gasteiger partial charge >= 0.3 is 6.18 Å². The molecule has 2 rings (SSSR count). The second-order valence-electron chi connectivity index (χ2n) is 3.87. The highest BCUT2D eigenvalue weighted by Crippen LogP contribution is 2.47. The number of rotatable bonds is 1. The molecule has 0 spiro atoms. The van der Waals surface area contributed by atoms with Gasteiger partial charge in [0, 0.05) is 6.07 Å². The summed E-state index contributed by atoms with van der Waals surface area (Å²) in [5.74, 6) is -1.12. The van der Waals surface area contributed by atoms with Gasteiger partial charge in [0.1, 0.15) is 17.6 Å². The van der Waals surface area contributed by atoms with Crippen LogP contribution >= 0.6 is 0 Å². The molecule has 86 valence electrons. The van der Waals surface area contributed by atoms with Crippen LogP contribution in [0.3, 0.4) is 0 Å². The summed E-state index contributed by atoms with van der Waals surface area (Å²) in [6, 6.07) is 2.86. The second-order valence-corrected chi connectivity index (χ2v) is 3.87. The molecule has 4 nitrogen and oxygen atoms in total. The molecule has 1 aromatic heterocycles. The smallest absolute Gasteiger partial charge is 0.382 e. The normalized spacial score (nSPS) is 24.9. The average molecular weight is 230 g/mol. The molecule has 7 heteroatoms. The van der Waals surface area contributed by atoms with E-state index in [9.17, 15) is 13.2 Å². The summed E-state index contributed by atoms with van der Waals surface area (Å²) in [4.78, 5) is 0. The lowest BCUT2D eigenvalue weighted by Gasteiger charge is -2.36. The molecule has 0 unspecified atom stereocenters. The Morgan fingerprint density at radius 1 is 1.50 bits per heavy atom. The summed E-state index contributed by atoms with van der Waals surface area (Å²) in [6.07, 6.45) is -4.21. The molecule has 1 heterocycles. The van der Waals surface area contributed by atoms with Gasteiger partial charge in [-0.3, -0.25) is 0 Å². The summed E-state index contributed by atoms with van der Waals surface area (Å²) < 4.78 is 38.1. The summed E-state index contributed by atoms with van der Waals surface area (Å²) in [6.45, 7) is 0. The third-order valence-corrected chi connectivity index (χ3v) is 2.79. The zero-order valence-electron chi connectivity index (χ0n) is 8.20. The van der Waals surface area contributed by atoms with Crippen molar-refractivity contribution in [1.29, 1.82) is 5.26 Å². The van der Waals surface area contributed by atoms with Gasteiger partial charge < -0.3 is 5.73 Å². The first-order valence-electron chi connectivity index (χ1n) is 4.73. The molecular formula is C9H9F3N4. The highest BCUT2D eigenvalue weighted by Gasteiger charge is 2.49. The van der Waals surface area contributed by atoms with E-state index in [4.69, 9.17) is 11.0 Å². The first-order valence-corrected chi connectivity index (χ1v) is 4.73. The number of hydrogen-bond acceptors (Lipinski definition) is 3. The van der Waals surface area contributed by atoms with Crippen LogP contribution in [-0.4, -0.2) is 16.0 Å². The predicted octanol–water partition coefficient (Wildman–Crippen LogP) is 1.85. The Bertz CT molecular complexity index is 437. The molecule has 1 fully saturated rings. The molecule has 1 aliphatic carbocycles. The third-order valence-electron chi connectivity index (χ3n) is 2.79. The number of nitrogens with zero attached hydrogens (tertiary/aromatic N) is 3. The van der Waals surface area contributed by atoms with E-state index in [1.54, 1.807) is 0 Å². The maximum Gasteiger partial charge on any atom is 0.391 e. The van der Waals surface area contributed by atoms with Crippen LogP contribution in [0.1, 0.15) is 24.6 Å². The molecule has 2 N–H and O–H groups in total. The van der Waals surface area contributed by atoms with E-state index in [0.29, 0.717) is 0 Å². The lowest BCUT2D eigenvalue weighted by atomic mass is 9.80. The lowest BCUT2D eigenvalue weighted by molar-refractivity contribution is -0.203. The van der Waals surface area contributed by atoms with Gasteiger partial charge in [-0.15, -0.1) is 0 Å². The fraction of sp³-hybridized carbons (Fsp3) is 0.556. The maximum atomic E-state index is 12.3. The van der Waals surface area contributed by atoms with Crippen LogP contribution in [0.4, 0.5) is 19.0 Å². The monoisotopic (exact) mass is 230 g/mol. The van der Waals surface area contributed by atoms with Crippen LogP contribution in [0.2, 0.25) is 0 Å². The van der Waals surface area contributed by atoms with Crippen molar-refractivity contribution in [3.63, 3.8) is 0 Å². The molecule has 1 aliphatic rings. The molecule has 0 bridgehead atoms. The standard InChI is InChI=1S/C9H9F3N4/c10-9(11,12)5-1-6(2-5)16-7(4-13)3-8(14)15-16/h3,5-6H,1-2H2,(H2,14,15). The molecule has 0 amide bonds. The van der Waals surface area contributed by atoms with E-state index < -0.39 is 12.1 Å². The topological polar surface area (TPSA) is 67.6 Å². The Kier molecular flexibility index (Phi) is 2.30. The molecule has 1 aromatic rings. The van der Waals surface area contributed by atoms with Crippen LogP contribution in [0, 0.1) is 17.2 Å². The Balaban J connectivity index is 2.10. The Morgan fingerprint density at radius 3 is 2.62 bits per heavy atom. The van der Waals surface area contributed by atoms with Crippen molar-refractivity contribution in [2.45, 2.75) is 25.1 Å². The average Bonchev–Trinajstić information content (AvgIpc) is 2.41. The van der Waals surface area contributed by atoms with E-state index >= 15 is 0 Å². The van der Waals surface area contributed by atoms with Crippen molar-refractivity contribution < 1.29 is 13.2 Å². The number of nitrogens with two attached hydrogens (primary N) is 1. The van der Waals surface area contributed by atoms with Gasteiger partial charge in [-0.1, -0.05) is 0 Å². The van der Waals surface area contributed by atoms with Crippen molar-refractivity contribution in [1.82, 2.24) is 9.78 Å². The number of hydrogen-bond donors (Lipinski definition) is 1. The van der Waals surface area contributed by atoms with Crippen LogP contribution in [0.5, 0.6) is 0 Å². The number of aromatic nitrogens is 2. The van der Waals surface area contributed by atoms with Gasteiger partial charge in [0.25, 0.3) is 0 Å². The van der Waals surface area contributed by atoms with E-state index in [2.05, 4.69) is 5.10 Å². The molecule has 0 aromatic carbocycles.